The summed E-state index contributed by atoms with van der Waals surface area (Å²) in [6.07, 6.45) is 2.55. The van der Waals surface area contributed by atoms with Crippen LogP contribution in [0.3, 0.4) is 0 Å². The summed E-state index contributed by atoms with van der Waals surface area (Å²) in [5.74, 6) is 0. The fourth-order valence-electron chi connectivity index (χ4n) is 1.81. The molecule has 0 spiro atoms. The third kappa shape index (κ3) is 4.59. The fourth-order valence-corrected chi connectivity index (χ4v) is 2.35. The Morgan fingerprint density at radius 2 is 2.05 bits per heavy atom. The molecule has 0 saturated carbocycles. The van der Waals surface area contributed by atoms with Gasteiger partial charge in [-0.2, -0.15) is 5.10 Å². The molecule has 0 fully saturated rings. The Bertz CT molecular complexity index is 627. The molecular weight excluding hydrogens is 327 g/mol. The Labute approximate surface area is 139 Å². The Morgan fingerprint density at radius 1 is 1.29 bits per heavy atom. The van der Waals surface area contributed by atoms with E-state index in [0.717, 1.165) is 30.9 Å². The zero-order chi connectivity index (χ0) is 15.2. The first-order valence-corrected chi connectivity index (χ1v) is 7.71. The van der Waals surface area contributed by atoms with Crippen LogP contribution in [0.25, 0.3) is 0 Å². The molecule has 1 heterocycles. The third-order valence-electron chi connectivity index (χ3n) is 3.00. The molecule has 0 bridgehead atoms. The SMILES string of the molecule is Cc1c(Cl)cnn1CCCNC(=S)Nc1ccccc1Cl. The van der Waals surface area contributed by atoms with E-state index in [1.807, 2.05) is 35.9 Å². The minimum absolute atomic E-state index is 0.554. The molecule has 2 N–H and O–H groups in total. The van der Waals surface area contributed by atoms with Crippen molar-refractivity contribution in [1.82, 2.24) is 15.1 Å². The number of aromatic nitrogens is 2. The average Bonchev–Trinajstić information content (AvgIpc) is 2.78. The topological polar surface area (TPSA) is 41.9 Å². The molecule has 2 rings (SSSR count). The van der Waals surface area contributed by atoms with E-state index in [1.165, 1.54) is 0 Å². The highest BCUT2D eigenvalue weighted by Gasteiger charge is 2.04. The molecule has 1 aromatic heterocycles. The van der Waals surface area contributed by atoms with Crippen LogP contribution >= 0.6 is 35.4 Å². The van der Waals surface area contributed by atoms with Crippen LogP contribution in [0.1, 0.15) is 12.1 Å². The molecule has 2 aromatic rings. The number of anilines is 1. The highest BCUT2D eigenvalue weighted by atomic mass is 35.5. The Morgan fingerprint density at radius 3 is 2.71 bits per heavy atom. The third-order valence-corrected chi connectivity index (χ3v) is 3.94. The van der Waals surface area contributed by atoms with E-state index in [4.69, 9.17) is 35.4 Å². The van der Waals surface area contributed by atoms with Crippen LogP contribution in [0.2, 0.25) is 10.0 Å². The lowest BCUT2D eigenvalue weighted by atomic mass is 10.3. The lowest BCUT2D eigenvalue weighted by Gasteiger charge is -2.11. The highest BCUT2D eigenvalue weighted by molar-refractivity contribution is 7.80. The number of hydrogen-bond donors (Lipinski definition) is 2. The smallest absolute Gasteiger partial charge is 0.170 e. The van der Waals surface area contributed by atoms with Crippen LogP contribution in [0.15, 0.2) is 30.5 Å². The Balaban J connectivity index is 1.73. The minimum atomic E-state index is 0.554. The maximum Gasteiger partial charge on any atom is 0.170 e. The number of hydrogen-bond acceptors (Lipinski definition) is 2. The van der Waals surface area contributed by atoms with Crippen molar-refractivity contribution < 1.29 is 0 Å². The van der Waals surface area contributed by atoms with Gasteiger partial charge < -0.3 is 10.6 Å². The average molecular weight is 343 g/mol. The molecule has 0 aliphatic heterocycles. The van der Waals surface area contributed by atoms with Gasteiger partial charge in [0.2, 0.25) is 0 Å². The molecule has 21 heavy (non-hydrogen) atoms. The van der Waals surface area contributed by atoms with Gasteiger partial charge >= 0.3 is 0 Å². The zero-order valence-electron chi connectivity index (χ0n) is 11.6. The number of rotatable bonds is 5. The number of benzene rings is 1. The van der Waals surface area contributed by atoms with E-state index in [1.54, 1.807) is 6.20 Å². The van der Waals surface area contributed by atoms with Crippen molar-refractivity contribution in [3.05, 3.63) is 46.2 Å². The van der Waals surface area contributed by atoms with Gasteiger partial charge in [-0.3, -0.25) is 4.68 Å². The molecule has 7 heteroatoms. The number of para-hydroxylation sites is 1. The van der Waals surface area contributed by atoms with Crippen molar-refractivity contribution in [2.75, 3.05) is 11.9 Å². The van der Waals surface area contributed by atoms with Crippen LogP contribution in [0, 0.1) is 6.92 Å². The molecule has 0 aliphatic rings. The predicted octanol–water partition coefficient (Wildman–Crippen LogP) is 3.88. The number of aryl methyl sites for hydroxylation is 1. The number of thiocarbonyl (C=S) groups is 1. The second-order valence-corrected chi connectivity index (χ2v) is 5.74. The van der Waals surface area contributed by atoms with E-state index in [-0.39, 0.29) is 0 Å². The highest BCUT2D eigenvalue weighted by Crippen LogP contribution is 2.20. The quantitative estimate of drug-likeness (QED) is 0.639. The monoisotopic (exact) mass is 342 g/mol. The van der Waals surface area contributed by atoms with Crippen molar-refractivity contribution >= 4 is 46.2 Å². The molecule has 0 unspecified atom stereocenters. The molecule has 0 aliphatic carbocycles. The summed E-state index contributed by atoms with van der Waals surface area (Å²) in [6, 6.07) is 7.48. The molecule has 112 valence electrons. The number of nitrogens with one attached hydrogen (secondary N) is 2. The zero-order valence-corrected chi connectivity index (χ0v) is 13.9. The fraction of sp³-hybridized carbons (Fsp3) is 0.286. The lowest BCUT2D eigenvalue weighted by Crippen LogP contribution is -2.30. The molecular formula is C14H16Cl2N4S. The summed E-state index contributed by atoms with van der Waals surface area (Å²) < 4.78 is 1.88. The summed E-state index contributed by atoms with van der Waals surface area (Å²) in [6.45, 7) is 3.49. The Hall–Kier alpha value is -1.30. The second-order valence-electron chi connectivity index (χ2n) is 4.52. The van der Waals surface area contributed by atoms with Crippen LogP contribution < -0.4 is 10.6 Å². The first kappa shape index (κ1) is 16.1. The van der Waals surface area contributed by atoms with Gasteiger partial charge in [0.1, 0.15) is 0 Å². The van der Waals surface area contributed by atoms with Gasteiger partial charge in [-0.1, -0.05) is 35.3 Å². The van der Waals surface area contributed by atoms with E-state index >= 15 is 0 Å². The maximum atomic E-state index is 6.06. The van der Waals surface area contributed by atoms with Crippen molar-refractivity contribution in [2.24, 2.45) is 0 Å². The van der Waals surface area contributed by atoms with E-state index in [0.29, 0.717) is 15.2 Å². The van der Waals surface area contributed by atoms with Gasteiger partial charge in [0.25, 0.3) is 0 Å². The number of nitrogens with zero attached hydrogens (tertiary/aromatic N) is 2. The molecule has 4 nitrogen and oxygen atoms in total. The van der Waals surface area contributed by atoms with Gasteiger partial charge in [-0.25, -0.2) is 0 Å². The normalized spacial score (nSPS) is 10.4. The molecule has 0 radical (unpaired) electrons. The summed E-state index contributed by atoms with van der Waals surface area (Å²) in [5, 5.41) is 12.3. The summed E-state index contributed by atoms with van der Waals surface area (Å²) in [4.78, 5) is 0. The van der Waals surface area contributed by atoms with Crippen LogP contribution in [0.5, 0.6) is 0 Å². The lowest BCUT2D eigenvalue weighted by molar-refractivity contribution is 0.561. The molecule has 0 saturated heterocycles. The van der Waals surface area contributed by atoms with Gasteiger partial charge in [-0.05, 0) is 37.7 Å². The van der Waals surface area contributed by atoms with E-state index < -0.39 is 0 Å². The number of halogens is 2. The first-order chi connectivity index (χ1) is 10.1. The van der Waals surface area contributed by atoms with Crippen LogP contribution in [0.4, 0.5) is 5.69 Å². The minimum Gasteiger partial charge on any atom is -0.362 e. The van der Waals surface area contributed by atoms with Crippen molar-refractivity contribution in [1.29, 1.82) is 0 Å². The molecule has 0 amide bonds. The summed E-state index contributed by atoms with van der Waals surface area (Å²) >= 11 is 17.2. The van der Waals surface area contributed by atoms with Gasteiger partial charge in [-0.15, -0.1) is 0 Å². The van der Waals surface area contributed by atoms with Gasteiger partial charge in [0.05, 0.1) is 27.6 Å². The summed E-state index contributed by atoms with van der Waals surface area (Å²) in [7, 11) is 0. The van der Waals surface area contributed by atoms with Gasteiger partial charge in [0.15, 0.2) is 5.11 Å². The molecule has 1 aromatic carbocycles. The predicted molar refractivity (Wildman–Crippen MR) is 92.3 cm³/mol. The Kier molecular flexibility index (Phi) is 5.85. The van der Waals surface area contributed by atoms with Crippen molar-refractivity contribution in [3.8, 4) is 0 Å². The first-order valence-electron chi connectivity index (χ1n) is 6.55. The van der Waals surface area contributed by atoms with Gasteiger partial charge in [0, 0.05) is 13.1 Å². The van der Waals surface area contributed by atoms with Crippen molar-refractivity contribution in [3.63, 3.8) is 0 Å². The maximum absolute atomic E-state index is 6.06. The van der Waals surface area contributed by atoms with E-state index in [2.05, 4.69) is 15.7 Å². The van der Waals surface area contributed by atoms with Crippen LogP contribution in [-0.4, -0.2) is 21.4 Å². The molecule has 0 atom stereocenters. The van der Waals surface area contributed by atoms with Crippen molar-refractivity contribution in [2.45, 2.75) is 19.9 Å². The summed E-state index contributed by atoms with van der Waals surface area (Å²) in [5.41, 5.74) is 1.78. The largest absolute Gasteiger partial charge is 0.362 e. The standard InChI is InChI=1S/C14H16Cl2N4S/c1-10-12(16)9-18-20(10)8-4-7-17-14(21)19-13-6-3-2-5-11(13)15/h2-3,5-6,9H,4,7-8H2,1H3,(H2,17,19,21). The second kappa shape index (κ2) is 7.64. The van der Waals surface area contributed by atoms with E-state index in [9.17, 15) is 0 Å². The van der Waals surface area contributed by atoms with Crippen LogP contribution in [-0.2, 0) is 6.54 Å².